The number of aliphatic carboxylic acids is 1. The number of hydrogen-bond acceptors (Lipinski definition) is 2. The highest BCUT2D eigenvalue weighted by atomic mass is 16.4. The molecule has 0 spiro atoms. The van der Waals surface area contributed by atoms with Crippen LogP contribution in [-0.2, 0) is 4.79 Å². The molecule has 0 aromatic carbocycles. The number of unbranched alkanes of at least 4 members (excludes halogenated alkanes) is 1. The van der Waals surface area contributed by atoms with Crippen molar-refractivity contribution < 1.29 is 9.90 Å². The van der Waals surface area contributed by atoms with Crippen molar-refractivity contribution in [3.05, 3.63) is 18.6 Å². The van der Waals surface area contributed by atoms with Crippen LogP contribution in [0.1, 0.15) is 26.2 Å². The molecular formula is C8H12O2. The lowest BCUT2D eigenvalue weighted by atomic mass is 10.0. The van der Waals surface area contributed by atoms with Crippen LogP contribution in [0.25, 0.3) is 0 Å². The van der Waals surface area contributed by atoms with Gasteiger partial charge in [0, 0.05) is 13.0 Å². The van der Waals surface area contributed by atoms with E-state index < -0.39 is 5.97 Å². The highest BCUT2D eigenvalue weighted by molar-refractivity contribution is 5.83. The molecule has 0 fully saturated rings. The van der Waals surface area contributed by atoms with Crippen LogP contribution in [0.4, 0.5) is 0 Å². The van der Waals surface area contributed by atoms with Crippen LogP contribution in [0, 0.1) is 5.92 Å². The summed E-state index contributed by atoms with van der Waals surface area (Å²) in [5.41, 5.74) is 0. The van der Waals surface area contributed by atoms with Gasteiger partial charge in [-0.15, -0.1) is 0 Å². The molecule has 0 rings (SSSR count). The molecule has 0 saturated heterocycles. The van der Waals surface area contributed by atoms with Crippen molar-refractivity contribution in [1.82, 2.24) is 0 Å². The van der Waals surface area contributed by atoms with Gasteiger partial charge in [0.15, 0.2) is 5.97 Å². The summed E-state index contributed by atoms with van der Waals surface area (Å²) in [7, 11) is 0. The Morgan fingerprint density at radius 1 is 1.80 bits per heavy atom. The summed E-state index contributed by atoms with van der Waals surface area (Å²) in [6.45, 7) is 5.39. The predicted molar refractivity (Wildman–Crippen MR) is 38.0 cm³/mol. The molecule has 0 aliphatic carbocycles. The van der Waals surface area contributed by atoms with Crippen LogP contribution in [0.3, 0.4) is 0 Å². The van der Waals surface area contributed by atoms with Gasteiger partial charge in [-0.2, -0.15) is 0 Å². The molecule has 0 aliphatic rings. The minimum Gasteiger partial charge on any atom is -0.526 e. The molecule has 0 amide bonds. The maximum Gasteiger partial charge on any atom is 0.159 e. The molecule has 0 radical (unpaired) electrons. The van der Waals surface area contributed by atoms with Gasteiger partial charge in [0.1, 0.15) is 5.92 Å². The topological polar surface area (TPSA) is 40.1 Å². The van der Waals surface area contributed by atoms with E-state index in [-0.39, 0.29) is 0 Å². The van der Waals surface area contributed by atoms with E-state index in [0.717, 1.165) is 12.8 Å². The van der Waals surface area contributed by atoms with Crippen LogP contribution >= 0.6 is 0 Å². The molecule has 0 atom stereocenters. The summed E-state index contributed by atoms with van der Waals surface area (Å²) in [6, 6.07) is 0. The van der Waals surface area contributed by atoms with Gasteiger partial charge in [0.25, 0.3) is 0 Å². The van der Waals surface area contributed by atoms with Crippen LogP contribution in [0.5, 0.6) is 0 Å². The Bertz CT molecular complexity index is 118. The van der Waals surface area contributed by atoms with Crippen molar-refractivity contribution in [1.29, 1.82) is 0 Å². The summed E-state index contributed by atoms with van der Waals surface area (Å²) in [5.74, 6) is -0.787. The minimum atomic E-state index is -1.09. The zero-order valence-corrected chi connectivity index (χ0v) is 6.22. The van der Waals surface area contributed by atoms with Gasteiger partial charge in [-0.3, -0.25) is 0 Å². The maximum absolute atomic E-state index is 10.2. The van der Waals surface area contributed by atoms with E-state index in [4.69, 9.17) is 0 Å². The third-order valence-corrected chi connectivity index (χ3v) is 1.31. The van der Waals surface area contributed by atoms with Crippen LogP contribution in [-0.4, -0.2) is 5.97 Å². The zero-order chi connectivity index (χ0) is 7.98. The zero-order valence-electron chi connectivity index (χ0n) is 6.22. The van der Waals surface area contributed by atoms with Crippen molar-refractivity contribution in [3.63, 3.8) is 0 Å². The molecule has 0 aromatic rings. The number of carbonyl (C=O) groups excluding carboxylic acids is 1. The van der Waals surface area contributed by atoms with Gasteiger partial charge < -0.3 is 9.90 Å². The summed E-state index contributed by atoms with van der Waals surface area (Å²) in [5, 5.41) is 10.2. The normalized spacial score (nSPS) is 8.90. The molecule has 0 N–H and O–H groups in total. The minimum absolute atomic E-state index is 0.307. The second-order valence-electron chi connectivity index (χ2n) is 2.12. The van der Waals surface area contributed by atoms with Gasteiger partial charge in [0.2, 0.25) is 0 Å². The van der Waals surface area contributed by atoms with Crippen LogP contribution in [0.2, 0.25) is 0 Å². The number of rotatable bonds is 5. The van der Waals surface area contributed by atoms with E-state index >= 15 is 0 Å². The molecule has 0 unspecified atom stereocenters. The first-order valence-electron chi connectivity index (χ1n) is 3.42. The fourth-order valence-corrected chi connectivity index (χ4v) is 0.655. The maximum atomic E-state index is 10.2. The fourth-order valence-electron chi connectivity index (χ4n) is 0.655. The number of carboxylic acid groups (broad SMARTS) is 1. The Morgan fingerprint density at radius 2 is 2.40 bits per heavy atom. The quantitative estimate of drug-likeness (QED) is 0.527. The third kappa shape index (κ3) is 3.17. The molecule has 2 nitrogen and oxygen atoms in total. The van der Waals surface area contributed by atoms with Gasteiger partial charge in [-0.05, 0) is 6.42 Å². The van der Waals surface area contributed by atoms with Crippen molar-refractivity contribution in [2.45, 2.75) is 26.2 Å². The number of carboxylic acids is 1. The SMILES string of the molecule is C=C[C+](CCCC)C(=O)[O-]. The van der Waals surface area contributed by atoms with Crippen molar-refractivity contribution in [2.24, 2.45) is 0 Å². The molecular weight excluding hydrogens is 128 g/mol. The molecule has 0 aliphatic heterocycles. The average Bonchev–Trinajstić information content (AvgIpc) is 1.89. The molecule has 2 heteroatoms. The lowest BCUT2D eigenvalue weighted by Crippen LogP contribution is -2.28. The van der Waals surface area contributed by atoms with Crippen molar-refractivity contribution in [2.75, 3.05) is 0 Å². The smallest absolute Gasteiger partial charge is 0.159 e. The lowest BCUT2D eigenvalue weighted by molar-refractivity contribution is -0.301. The summed E-state index contributed by atoms with van der Waals surface area (Å²) in [6.07, 6.45) is 3.80. The Morgan fingerprint density at radius 3 is 2.70 bits per heavy atom. The number of carbonyl (C=O) groups is 1. The molecule has 56 valence electrons. The molecule has 0 saturated carbocycles. The van der Waals surface area contributed by atoms with E-state index in [9.17, 15) is 9.90 Å². The molecule has 0 heterocycles. The Kier molecular flexibility index (Phi) is 4.46. The standard InChI is InChI=1S/C8H12O2/c1-3-5-6-7(4-2)8(9)10/h4H,2-3,5-6H2,1H3. The number of hydrogen-bond donors (Lipinski definition) is 0. The first kappa shape index (κ1) is 9.08. The van der Waals surface area contributed by atoms with Crippen molar-refractivity contribution >= 4 is 5.97 Å². The highest BCUT2D eigenvalue weighted by Gasteiger charge is 2.11. The van der Waals surface area contributed by atoms with E-state index in [1.807, 2.05) is 6.92 Å². The highest BCUT2D eigenvalue weighted by Crippen LogP contribution is 2.09. The lowest BCUT2D eigenvalue weighted by Gasteiger charge is -2.03. The Hall–Kier alpha value is -0.920. The van der Waals surface area contributed by atoms with E-state index in [0.29, 0.717) is 12.3 Å². The summed E-state index contributed by atoms with van der Waals surface area (Å²) >= 11 is 0. The predicted octanol–water partition coefficient (Wildman–Crippen LogP) is 0.687. The third-order valence-electron chi connectivity index (χ3n) is 1.31. The van der Waals surface area contributed by atoms with Gasteiger partial charge in [-0.1, -0.05) is 13.3 Å². The van der Waals surface area contributed by atoms with Gasteiger partial charge in [0.05, 0.1) is 6.08 Å². The second kappa shape index (κ2) is 4.91. The Balaban J connectivity index is 3.60. The molecule has 0 bridgehead atoms. The van der Waals surface area contributed by atoms with Crippen molar-refractivity contribution in [3.8, 4) is 0 Å². The van der Waals surface area contributed by atoms with Gasteiger partial charge in [-0.25, -0.2) is 0 Å². The first-order valence-corrected chi connectivity index (χ1v) is 3.42. The van der Waals surface area contributed by atoms with Crippen LogP contribution < -0.4 is 5.11 Å². The second-order valence-corrected chi connectivity index (χ2v) is 2.12. The summed E-state index contributed by atoms with van der Waals surface area (Å²) in [4.78, 5) is 10.2. The van der Waals surface area contributed by atoms with Gasteiger partial charge >= 0.3 is 0 Å². The summed E-state index contributed by atoms with van der Waals surface area (Å²) < 4.78 is 0. The Labute approximate surface area is 61.6 Å². The average molecular weight is 140 g/mol. The first-order chi connectivity index (χ1) is 4.72. The largest absolute Gasteiger partial charge is 0.526 e. The van der Waals surface area contributed by atoms with Crippen LogP contribution in [0.15, 0.2) is 12.7 Å². The van der Waals surface area contributed by atoms with E-state index in [2.05, 4.69) is 6.58 Å². The fraction of sp³-hybridized carbons (Fsp3) is 0.500. The van der Waals surface area contributed by atoms with E-state index in [1.165, 1.54) is 6.08 Å². The molecule has 0 aromatic heterocycles. The van der Waals surface area contributed by atoms with E-state index in [1.54, 1.807) is 0 Å². The monoisotopic (exact) mass is 140 g/mol. The molecule has 10 heavy (non-hydrogen) atoms.